The number of ether oxygens (including phenoxy) is 3. The summed E-state index contributed by atoms with van der Waals surface area (Å²) in [6, 6.07) is -0.840. The number of allylic oxidation sites excluding steroid dienone is 9. The highest BCUT2D eigenvalue weighted by Crippen LogP contribution is 2.22. The number of carbonyl (C=O) groups is 2. The number of hydrogen-bond acceptors (Lipinski definition) is 10. The van der Waals surface area contributed by atoms with Crippen molar-refractivity contribution < 1.29 is 49.3 Å². The quantitative estimate of drug-likeness (QED) is 0.0196. The van der Waals surface area contributed by atoms with Gasteiger partial charge in [-0.3, -0.25) is 9.59 Å². The number of rotatable bonds is 45. The van der Waals surface area contributed by atoms with Gasteiger partial charge in [0.2, 0.25) is 5.91 Å². The highest BCUT2D eigenvalue weighted by molar-refractivity contribution is 5.76. The number of aliphatic hydroxyl groups is 5. The summed E-state index contributed by atoms with van der Waals surface area (Å²) in [5.74, 6) is -0.252. The van der Waals surface area contributed by atoms with Crippen LogP contribution in [-0.2, 0) is 23.8 Å². The molecule has 1 aliphatic heterocycles. The third-order valence-corrected chi connectivity index (χ3v) is 12.3. The van der Waals surface area contributed by atoms with E-state index in [1.165, 1.54) is 89.9 Å². The molecule has 6 N–H and O–H groups in total. The zero-order chi connectivity index (χ0) is 48.8. The molecule has 1 aliphatic rings. The molecule has 0 aromatic carbocycles. The first-order valence-corrected chi connectivity index (χ1v) is 27.1. The molecule has 0 aliphatic carbocycles. The molecule has 388 valence electrons. The molecular formula is C56H99NO10. The summed E-state index contributed by atoms with van der Waals surface area (Å²) in [6.45, 7) is 4.17. The van der Waals surface area contributed by atoms with Gasteiger partial charge in [-0.05, 0) is 96.3 Å². The molecule has 0 saturated carbocycles. The Morgan fingerprint density at radius 1 is 0.552 bits per heavy atom. The molecule has 1 heterocycles. The first-order chi connectivity index (χ1) is 32.7. The van der Waals surface area contributed by atoms with Crippen LogP contribution in [0.1, 0.15) is 219 Å². The topological polar surface area (TPSA) is 175 Å². The maximum Gasteiger partial charge on any atom is 0.305 e. The Labute approximate surface area is 408 Å². The molecule has 0 aromatic heterocycles. The van der Waals surface area contributed by atoms with Crippen molar-refractivity contribution in [3.63, 3.8) is 0 Å². The molecule has 7 unspecified atom stereocenters. The molecule has 0 aromatic rings. The van der Waals surface area contributed by atoms with Gasteiger partial charge in [-0.1, -0.05) is 171 Å². The predicted octanol–water partition coefficient (Wildman–Crippen LogP) is 11.5. The van der Waals surface area contributed by atoms with Crippen LogP contribution in [0, 0.1) is 0 Å². The maximum absolute atomic E-state index is 13.0. The molecule has 0 radical (unpaired) electrons. The molecule has 0 bridgehead atoms. The molecule has 1 saturated heterocycles. The van der Waals surface area contributed by atoms with Crippen LogP contribution in [0.5, 0.6) is 0 Å². The Bertz CT molecular complexity index is 1300. The van der Waals surface area contributed by atoms with Gasteiger partial charge in [0.05, 0.1) is 32.0 Å². The van der Waals surface area contributed by atoms with E-state index in [1.54, 1.807) is 6.08 Å². The van der Waals surface area contributed by atoms with Gasteiger partial charge in [0, 0.05) is 12.8 Å². The molecule has 0 spiro atoms. The lowest BCUT2D eigenvalue weighted by Gasteiger charge is -2.40. The van der Waals surface area contributed by atoms with Crippen molar-refractivity contribution in [2.24, 2.45) is 0 Å². The standard InChI is InChI=1S/C56H99NO10/c1-3-5-7-9-11-13-14-15-21-24-28-32-36-40-44-52(61)65-45-41-37-33-29-25-22-19-17-16-18-20-23-27-31-35-39-43-51(60)57-48(49(59)42-38-34-30-26-12-10-8-6-4-2)47-66-56-55(64)54(63)53(62)50(46-58)67-56/h9,11-12,14-16,18,26,38,42,48-50,53-56,58-59,62-64H,3-8,10,13,17,19-25,27-37,39-41,43-47H2,1-2H3,(H,57,60)/b11-9-,15-14-,18-16-,26-12+,42-38+. The second kappa shape index (κ2) is 45.8. The number of aliphatic hydroxyl groups excluding tert-OH is 5. The van der Waals surface area contributed by atoms with Crippen LogP contribution < -0.4 is 5.32 Å². The third kappa shape index (κ3) is 36.0. The predicted molar refractivity (Wildman–Crippen MR) is 273 cm³/mol. The van der Waals surface area contributed by atoms with Crippen LogP contribution in [0.25, 0.3) is 0 Å². The Hall–Kier alpha value is -2.64. The normalized spacial score (nSPS) is 20.0. The van der Waals surface area contributed by atoms with Crippen molar-refractivity contribution in [3.8, 4) is 0 Å². The highest BCUT2D eigenvalue weighted by Gasteiger charge is 2.44. The monoisotopic (exact) mass is 946 g/mol. The zero-order valence-corrected chi connectivity index (χ0v) is 42.3. The second-order valence-corrected chi connectivity index (χ2v) is 18.6. The lowest BCUT2D eigenvalue weighted by molar-refractivity contribution is -0.302. The maximum atomic E-state index is 13.0. The fourth-order valence-electron chi connectivity index (χ4n) is 7.93. The van der Waals surface area contributed by atoms with E-state index >= 15 is 0 Å². The van der Waals surface area contributed by atoms with Crippen LogP contribution in [0.4, 0.5) is 0 Å². The van der Waals surface area contributed by atoms with E-state index in [0.29, 0.717) is 19.4 Å². The summed E-state index contributed by atoms with van der Waals surface area (Å²) in [5.41, 5.74) is 0. The fraction of sp³-hybridized carbons (Fsp3) is 0.786. The second-order valence-electron chi connectivity index (χ2n) is 18.6. The number of esters is 1. The summed E-state index contributed by atoms with van der Waals surface area (Å²) in [6.07, 6.45) is 47.4. The molecule has 1 rings (SSSR count). The van der Waals surface area contributed by atoms with E-state index in [-0.39, 0.29) is 18.5 Å². The van der Waals surface area contributed by atoms with Crippen molar-refractivity contribution in [2.75, 3.05) is 19.8 Å². The minimum absolute atomic E-state index is 0.0376. The minimum Gasteiger partial charge on any atom is -0.466 e. The van der Waals surface area contributed by atoms with Gasteiger partial charge in [0.1, 0.15) is 24.4 Å². The Morgan fingerprint density at radius 2 is 1.03 bits per heavy atom. The number of amides is 1. The summed E-state index contributed by atoms with van der Waals surface area (Å²) in [4.78, 5) is 25.0. The van der Waals surface area contributed by atoms with Crippen molar-refractivity contribution >= 4 is 11.9 Å². The minimum atomic E-state index is -1.58. The number of hydrogen-bond donors (Lipinski definition) is 6. The molecule has 11 nitrogen and oxygen atoms in total. The zero-order valence-electron chi connectivity index (χ0n) is 42.3. The van der Waals surface area contributed by atoms with Crippen LogP contribution in [0.15, 0.2) is 60.8 Å². The van der Waals surface area contributed by atoms with Gasteiger partial charge in [0.25, 0.3) is 0 Å². The van der Waals surface area contributed by atoms with Gasteiger partial charge in [-0.25, -0.2) is 0 Å². The molecule has 7 atom stereocenters. The summed E-state index contributed by atoms with van der Waals surface area (Å²) in [5, 5.41) is 54.1. The largest absolute Gasteiger partial charge is 0.466 e. The molecule has 67 heavy (non-hydrogen) atoms. The molecule has 1 fully saturated rings. The van der Waals surface area contributed by atoms with E-state index in [2.05, 4.69) is 67.8 Å². The average molecular weight is 946 g/mol. The van der Waals surface area contributed by atoms with Crippen molar-refractivity contribution in [3.05, 3.63) is 60.8 Å². The summed E-state index contributed by atoms with van der Waals surface area (Å²) >= 11 is 0. The van der Waals surface area contributed by atoms with Crippen LogP contribution in [0.3, 0.4) is 0 Å². The van der Waals surface area contributed by atoms with Gasteiger partial charge >= 0.3 is 5.97 Å². The molecular weight excluding hydrogens is 847 g/mol. The highest BCUT2D eigenvalue weighted by atomic mass is 16.7. The van der Waals surface area contributed by atoms with Crippen LogP contribution in [-0.4, -0.2) is 100 Å². The summed E-state index contributed by atoms with van der Waals surface area (Å²) < 4.78 is 16.6. The van der Waals surface area contributed by atoms with Crippen LogP contribution >= 0.6 is 0 Å². The van der Waals surface area contributed by atoms with E-state index in [0.717, 1.165) is 103 Å². The molecule has 1 amide bonds. The first-order valence-electron chi connectivity index (χ1n) is 27.1. The van der Waals surface area contributed by atoms with E-state index < -0.39 is 49.5 Å². The Morgan fingerprint density at radius 3 is 1.61 bits per heavy atom. The van der Waals surface area contributed by atoms with E-state index in [9.17, 15) is 35.1 Å². The van der Waals surface area contributed by atoms with Crippen molar-refractivity contribution in [2.45, 2.75) is 262 Å². The Kier molecular flexibility index (Phi) is 42.6. The average Bonchev–Trinajstić information content (AvgIpc) is 3.32. The lowest BCUT2D eigenvalue weighted by atomic mass is 9.99. The smallest absolute Gasteiger partial charge is 0.305 e. The van der Waals surface area contributed by atoms with Gasteiger partial charge in [0.15, 0.2) is 6.29 Å². The number of nitrogens with one attached hydrogen (secondary N) is 1. The SMILES string of the molecule is CCCC/C=C\C/C=C\CCCCCCCC(=O)OCCCCCCCCC/C=C\CCCCCCCC(=O)NC(COC1OC(CO)C(O)C(O)C1O)C(O)/C=C/CC/C=C/CCCCC. The summed E-state index contributed by atoms with van der Waals surface area (Å²) in [7, 11) is 0. The fourth-order valence-corrected chi connectivity index (χ4v) is 7.93. The van der Waals surface area contributed by atoms with Crippen molar-refractivity contribution in [1.82, 2.24) is 5.32 Å². The molecule has 11 heteroatoms. The third-order valence-electron chi connectivity index (χ3n) is 12.3. The van der Waals surface area contributed by atoms with Crippen LogP contribution in [0.2, 0.25) is 0 Å². The van der Waals surface area contributed by atoms with Gasteiger partial charge in [-0.2, -0.15) is 0 Å². The van der Waals surface area contributed by atoms with E-state index in [4.69, 9.17) is 14.2 Å². The number of unbranched alkanes of at least 4 members (excludes halogenated alkanes) is 23. The lowest BCUT2D eigenvalue weighted by Crippen LogP contribution is -2.60. The van der Waals surface area contributed by atoms with Gasteiger partial charge in [-0.15, -0.1) is 0 Å². The van der Waals surface area contributed by atoms with Gasteiger partial charge < -0.3 is 45.1 Å². The van der Waals surface area contributed by atoms with E-state index in [1.807, 2.05) is 6.08 Å². The Balaban J connectivity index is 2.11. The number of carbonyl (C=O) groups excluding carboxylic acids is 2. The van der Waals surface area contributed by atoms with Crippen molar-refractivity contribution in [1.29, 1.82) is 0 Å². The first kappa shape index (κ1) is 62.4.